The van der Waals surface area contributed by atoms with Crippen molar-refractivity contribution in [1.29, 1.82) is 0 Å². The number of aliphatic imine (C=N–C) groups is 1. The molecule has 4 rings (SSSR count). The second-order valence-electron chi connectivity index (χ2n) is 8.34. The number of rotatable bonds is 2. The Balaban J connectivity index is 1.46. The van der Waals surface area contributed by atoms with Gasteiger partial charge in [0, 0.05) is 44.1 Å². The minimum Gasteiger partial charge on any atom is -0.377 e. The van der Waals surface area contributed by atoms with E-state index in [2.05, 4.69) is 29.1 Å². The lowest BCUT2D eigenvalue weighted by molar-refractivity contribution is -0.171. The summed E-state index contributed by atoms with van der Waals surface area (Å²) in [5.74, 6) is 1.86. The maximum absolute atomic E-state index is 6.04. The third-order valence-corrected chi connectivity index (χ3v) is 7.24. The summed E-state index contributed by atoms with van der Waals surface area (Å²) in [4.78, 5) is 7.11. The number of fused-ring (bicyclic) bond motifs is 2. The largest absolute Gasteiger partial charge is 0.377 e. The van der Waals surface area contributed by atoms with Gasteiger partial charge in [-0.05, 0) is 37.5 Å². The van der Waals surface area contributed by atoms with Gasteiger partial charge in [-0.15, -0.1) is 0 Å². The Kier molecular flexibility index (Phi) is 3.44. The topological polar surface area (TPSA) is 36.9 Å². The first-order valence-electron chi connectivity index (χ1n) is 9.22. The SMILES string of the molecule is CCC1(C)CCN(C(=NC)NC2C3CCOC3C23CCC3)C1. The Labute approximate surface area is 134 Å². The lowest BCUT2D eigenvalue weighted by Gasteiger charge is -2.63. The van der Waals surface area contributed by atoms with Crippen LogP contribution in [0.1, 0.15) is 52.4 Å². The second kappa shape index (κ2) is 5.12. The van der Waals surface area contributed by atoms with Crippen molar-refractivity contribution < 1.29 is 4.74 Å². The zero-order chi connectivity index (χ0) is 15.4. The third-order valence-electron chi connectivity index (χ3n) is 7.24. The highest BCUT2D eigenvalue weighted by atomic mass is 16.5. The van der Waals surface area contributed by atoms with Crippen LogP contribution < -0.4 is 5.32 Å². The molecular weight excluding hydrogens is 274 g/mol. The molecule has 2 aliphatic carbocycles. The highest BCUT2D eigenvalue weighted by molar-refractivity contribution is 5.81. The molecule has 0 aromatic heterocycles. The maximum Gasteiger partial charge on any atom is 0.193 e. The quantitative estimate of drug-likeness (QED) is 0.629. The summed E-state index contributed by atoms with van der Waals surface area (Å²) in [5.41, 5.74) is 0.898. The molecule has 0 amide bonds. The number of hydrogen-bond acceptors (Lipinski definition) is 2. The van der Waals surface area contributed by atoms with Crippen LogP contribution in [0.15, 0.2) is 4.99 Å². The molecule has 0 aromatic rings. The molecule has 0 radical (unpaired) electrons. The van der Waals surface area contributed by atoms with E-state index in [1.807, 2.05) is 7.05 Å². The molecule has 2 heterocycles. The van der Waals surface area contributed by atoms with E-state index in [1.54, 1.807) is 0 Å². The van der Waals surface area contributed by atoms with Crippen LogP contribution in [0.25, 0.3) is 0 Å². The molecule has 4 heteroatoms. The first-order chi connectivity index (χ1) is 10.6. The van der Waals surface area contributed by atoms with E-state index >= 15 is 0 Å². The first-order valence-corrected chi connectivity index (χ1v) is 9.22. The lowest BCUT2D eigenvalue weighted by atomic mass is 9.46. The molecule has 4 atom stereocenters. The van der Waals surface area contributed by atoms with Crippen LogP contribution in [0.5, 0.6) is 0 Å². The molecule has 2 saturated heterocycles. The summed E-state index contributed by atoms with van der Waals surface area (Å²) in [7, 11) is 1.94. The van der Waals surface area contributed by atoms with Gasteiger partial charge in [-0.25, -0.2) is 0 Å². The fraction of sp³-hybridized carbons (Fsp3) is 0.944. The number of ether oxygens (including phenoxy) is 1. The van der Waals surface area contributed by atoms with E-state index in [-0.39, 0.29) is 0 Å². The van der Waals surface area contributed by atoms with Gasteiger partial charge in [0.15, 0.2) is 5.96 Å². The summed E-state index contributed by atoms with van der Waals surface area (Å²) in [6, 6.07) is 0.598. The summed E-state index contributed by atoms with van der Waals surface area (Å²) in [6.07, 6.45) is 8.37. The normalized spacial score (nSPS) is 43.0. The van der Waals surface area contributed by atoms with Crippen molar-refractivity contribution in [3.8, 4) is 0 Å². The van der Waals surface area contributed by atoms with Gasteiger partial charge in [0.2, 0.25) is 0 Å². The lowest BCUT2D eigenvalue weighted by Crippen LogP contribution is -2.72. The molecule has 2 aliphatic heterocycles. The highest BCUT2D eigenvalue weighted by Crippen LogP contribution is 2.62. The molecule has 4 unspecified atom stereocenters. The molecule has 22 heavy (non-hydrogen) atoms. The van der Waals surface area contributed by atoms with Crippen LogP contribution in [0.2, 0.25) is 0 Å². The van der Waals surface area contributed by atoms with Crippen LogP contribution in [0, 0.1) is 16.7 Å². The van der Waals surface area contributed by atoms with Crippen molar-refractivity contribution in [3.63, 3.8) is 0 Å². The van der Waals surface area contributed by atoms with Gasteiger partial charge in [0.25, 0.3) is 0 Å². The van der Waals surface area contributed by atoms with Gasteiger partial charge in [-0.2, -0.15) is 0 Å². The van der Waals surface area contributed by atoms with Crippen LogP contribution >= 0.6 is 0 Å². The van der Waals surface area contributed by atoms with E-state index in [0.29, 0.717) is 23.0 Å². The summed E-state index contributed by atoms with van der Waals surface area (Å²) >= 11 is 0. The number of hydrogen-bond donors (Lipinski definition) is 1. The Morgan fingerprint density at radius 1 is 1.36 bits per heavy atom. The van der Waals surface area contributed by atoms with Crippen molar-refractivity contribution >= 4 is 5.96 Å². The Hall–Kier alpha value is -0.770. The average molecular weight is 305 g/mol. The molecule has 4 aliphatic rings. The van der Waals surface area contributed by atoms with E-state index in [4.69, 9.17) is 4.74 Å². The van der Waals surface area contributed by atoms with Crippen LogP contribution in [-0.2, 0) is 4.74 Å². The van der Waals surface area contributed by atoms with E-state index in [0.717, 1.165) is 31.6 Å². The molecule has 1 N–H and O–H groups in total. The highest BCUT2D eigenvalue weighted by Gasteiger charge is 2.66. The second-order valence-corrected chi connectivity index (χ2v) is 8.34. The molecule has 124 valence electrons. The molecular formula is C18H31N3O. The van der Waals surface area contributed by atoms with Crippen LogP contribution in [-0.4, -0.2) is 49.7 Å². The number of likely N-dealkylation sites (tertiary alicyclic amines) is 1. The smallest absolute Gasteiger partial charge is 0.193 e. The molecule has 0 bridgehead atoms. The molecule has 0 aromatic carbocycles. The Morgan fingerprint density at radius 3 is 2.77 bits per heavy atom. The third kappa shape index (κ3) is 1.95. The predicted molar refractivity (Wildman–Crippen MR) is 89.0 cm³/mol. The Morgan fingerprint density at radius 2 is 2.18 bits per heavy atom. The van der Waals surface area contributed by atoms with Crippen LogP contribution in [0.4, 0.5) is 0 Å². The van der Waals surface area contributed by atoms with E-state index in [9.17, 15) is 0 Å². The van der Waals surface area contributed by atoms with Gasteiger partial charge in [0.1, 0.15) is 0 Å². The fourth-order valence-electron chi connectivity index (χ4n) is 5.39. The summed E-state index contributed by atoms with van der Waals surface area (Å²) in [5, 5.41) is 3.87. The zero-order valence-corrected chi connectivity index (χ0v) is 14.4. The van der Waals surface area contributed by atoms with Gasteiger partial charge in [-0.1, -0.05) is 20.3 Å². The van der Waals surface area contributed by atoms with Gasteiger partial charge in [-0.3, -0.25) is 4.99 Å². The zero-order valence-electron chi connectivity index (χ0n) is 14.4. The van der Waals surface area contributed by atoms with Gasteiger partial charge in [0.05, 0.1) is 6.10 Å². The van der Waals surface area contributed by atoms with Crippen molar-refractivity contribution in [3.05, 3.63) is 0 Å². The van der Waals surface area contributed by atoms with Gasteiger partial charge < -0.3 is 15.0 Å². The molecule has 2 saturated carbocycles. The standard InChI is InChI=1S/C18H31N3O/c1-4-17(2)9-10-21(12-17)16(19-3)20-14-13-6-11-22-15(13)18(14)7-5-8-18/h13-15H,4-12H2,1-3H3,(H,19,20). The Bertz CT molecular complexity index is 473. The first kappa shape index (κ1) is 14.8. The van der Waals surface area contributed by atoms with E-state index < -0.39 is 0 Å². The number of nitrogens with zero attached hydrogens (tertiary/aromatic N) is 2. The number of guanidine groups is 1. The average Bonchev–Trinajstić information content (AvgIpc) is 3.05. The van der Waals surface area contributed by atoms with Crippen molar-refractivity contribution in [2.75, 3.05) is 26.7 Å². The van der Waals surface area contributed by atoms with Crippen molar-refractivity contribution in [1.82, 2.24) is 10.2 Å². The van der Waals surface area contributed by atoms with E-state index in [1.165, 1.54) is 38.5 Å². The maximum atomic E-state index is 6.04. The predicted octanol–water partition coefficient (Wildman–Crippen LogP) is 2.64. The van der Waals surface area contributed by atoms with Crippen molar-refractivity contribution in [2.24, 2.45) is 21.7 Å². The summed E-state index contributed by atoms with van der Waals surface area (Å²) < 4.78 is 6.04. The monoisotopic (exact) mass is 305 g/mol. The minimum atomic E-state index is 0.435. The van der Waals surface area contributed by atoms with Crippen molar-refractivity contribution in [2.45, 2.75) is 64.5 Å². The summed E-state index contributed by atoms with van der Waals surface area (Å²) in [6.45, 7) is 7.99. The number of nitrogens with one attached hydrogen (secondary N) is 1. The molecule has 1 spiro atoms. The molecule has 4 fully saturated rings. The van der Waals surface area contributed by atoms with Gasteiger partial charge >= 0.3 is 0 Å². The molecule has 4 nitrogen and oxygen atoms in total. The minimum absolute atomic E-state index is 0.435. The fourth-order valence-corrected chi connectivity index (χ4v) is 5.39. The van der Waals surface area contributed by atoms with Crippen LogP contribution in [0.3, 0.4) is 0 Å².